The molecule has 3 N–H and O–H groups in total. The quantitative estimate of drug-likeness (QED) is 0.487. The van der Waals surface area contributed by atoms with Crippen molar-refractivity contribution in [2.24, 2.45) is 5.92 Å². The van der Waals surface area contributed by atoms with E-state index in [9.17, 15) is 15.0 Å². The van der Waals surface area contributed by atoms with E-state index in [0.717, 1.165) is 50.5 Å². The molecule has 0 spiro atoms. The Morgan fingerprint density at radius 1 is 1.04 bits per heavy atom. The third-order valence-corrected chi connectivity index (χ3v) is 5.85. The van der Waals surface area contributed by atoms with Crippen molar-refractivity contribution in [2.75, 3.05) is 6.61 Å². The van der Waals surface area contributed by atoms with E-state index in [0.29, 0.717) is 19.3 Å². The van der Waals surface area contributed by atoms with E-state index in [2.05, 4.69) is 6.08 Å². The maximum absolute atomic E-state index is 12.5. The number of aliphatic hydroxyl groups is 3. The molecule has 0 aromatic carbocycles. The molecule has 0 saturated carbocycles. The zero-order valence-corrected chi connectivity index (χ0v) is 16.0. The molecule has 0 amide bonds. The van der Waals surface area contributed by atoms with Gasteiger partial charge in [0.2, 0.25) is 0 Å². The predicted molar refractivity (Wildman–Crippen MR) is 104 cm³/mol. The highest BCUT2D eigenvalue weighted by molar-refractivity contribution is 5.99. The van der Waals surface area contributed by atoms with E-state index < -0.39 is 6.10 Å². The van der Waals surface area contributed by atoms with Crippen molar-refractivity contribution < 1.29 is 20.1 Å². The van der Waals surface area contributed by atoms with Crippen molar-refractivity contribution in [3.8, 4) is 0 Å². The van der Waals surface area contributed by atoms with Gasteiger partial charge < -0.3 is 15.3 Å². The SMILES string of the molecule is O=C1CC(CCCCCCCCCC(O)CO)C(O)CC2=C1C=CCC2. The monoisotopic (exact) mass is 364 g/mol. The summed E-state index contributed by atoms with van der Waals surface area (Å²) in [6.45, 7) is -0.135. The number of allylic oxidation sites excluding steroid dienone is 3. The minimum Gasteiger partial charge on any atom is -0.394 e. The Balaban J connectivity index is 1.57. The molecule has 2 rings (SSSR count). The highest BCUT2D eigenvalue weighted by Crippen LogP contribution is 2.34. The summed E-state index contributed by atoms with van der Waals surface area (Å²) in [6.07, 6.45) is 15.7. The fourth-order valence-corrected chi connectivity index (χ4v) is 4.17. The first kappa shape index (κ1) is 21.3. The second-order valence-electron chi connectivity index (χ2n) is 8.01. The molecule has 0 saturated heterocycles. The molecule has 0 heterocycles. The molecule has 2 aliphatic carbocycles. The topological polar surface area (TPSA) is 77.8 Å². The predicted octanol–water partition coefficient (Wildman–Crippen LogP) is 3.84. The normalized spacial score (nSPS) is 24.5. The molecule has 148 valence electrons. The Kier molecular flexibility index (Phi) is 9.58. The minimum absolute atomic E-state index is 0.112. The van der Waals surface area contributed by atoms with E-state index in [1.165, 1.54) is 24.8 Å². The molecule has 3 unspecified atom stereocenters. The number of Topliss-reactive ketones (excluding diaryl/α,β-unsaturated/α-hetero) is 1. The average molecular weight is 365 g/mol. The maximum Gasteiger partial charge on any atom is 0.163 e. The second-order valence-corrected chi connectivity index (χ2v) is 8.01. The molecule has 0 aromatic rings. The smallest absolute Gasteiger partial charge is 0.163 e. The number of ketones is 1. The molecular weight excluding hydrogens is 328 g/mol. The zero-order valence-electron chi connectivity index (χ0n) is 16.0. The molecular formula is C22H36O4. The van der Waals surface area contributed by atoms with E-state index in [1.54, 1.807) is 0 Å². The highest BCUT2D eigenvalue weighted by Gasteiger charge is 2.30. The Bertz CT molecular complexity index is 494. The van der Waals surface area contributed by atoms with Crippen molar-refractivity contribution in [1.29, 1.82) is 0 Å². The summed E-state index contributed by atoms with van der Waals surface area (Å²) in [5, 5.41) is 28.6. The molecule has 2 aliphatic rings. The van der Waals surface area contributed by atoms with Crippen LogP contribution in [0.1, 0.15) is 83.5 Å². The van der Waals surface area contributed by atoms with Gasteiger partial charge in [-0.15, -0.1) is 0 Å². The third-order valence-electron chi connectivity index (χ3n) is 5.85. The average Bonchev–Trinajstić information content (AvgIpc) is 2.76. The van der Waals surface area contributed by atoms with Gasteiger partial charge in [-0.1, -0.05) is 62.7 Å². The van der Waals surface area contributed by atoms with Gasteiger partial charge in [0, 0.05) is 12.0 Å². The van der Waals surface area contributed by atoms with Crippen LogP contribution in [0.3, 0.4) is 0 Å². The number of hydrogen-bond donors (Lipinski definition) is 3. The van der Waals surface area contributed by atoms with Gasteiger partial charge in [0.1, 0.15) is 0 Å². The molecule has 0 bridgehead atoms. The summed E-state index contributed by atoms with van der Waals surface area (Å²) in [5.74, 6) is 0.337. The maximum atomic E-state index is 12.5. The molecule has 4 heteroatoms. The Morgan fingerprint density at radius 3 is 2.46 bits per heavy atom. The van der Waals surface area contributed by atoms with Crippen LogP contribution < -0.4 is 0 Å². The first-order chi connectivity index (χ1) is 12.6. The van der Waals surface area contributed by atoms with Crippen LogP contribution in [0.15, 0.2) is 23.3 Å². The van der Waals surface area contributed by atoms with Crippen LogP contribution in [0.25, 0.3) is 0 Å². The van der Waals surface area contributed by atoms with E-state index in [-0.39, 0.29) is 24.4 Å². The van der Waals surface area contributed by atoms with Crippen molar-refractivity contribution in [1.82, 2.24) is 0 Å². The lowest BCUT2D eigenvalue weighted by molar-refractivity contribution is -0.116. The van der Waals surface area contributed by atoms with Gasteiger partial charge in [-0.25, -0.2) is 0 Å². The van der Waals surface area contributed by atoms with Crippen molar-refractivity contribution in [2.45, 2.75) is 95.7 Å². The fourth-order valence-electron chi connectivity index (χ4n) is 4.17. The number of carbonyl (C=O) groups is 1. The summed E-state index contributed by atoms with van der Waals surface area (Å²) in [5.41, 5.74) is 2.04. The molecule has 0 fully saturated rings. The summed E-state index contributed by atoms with van der Waals surface area (Å²) in [6, 6.07) is 0. The largest absolute Gasteiger partial charge is 0.394 e. The number of aliphatic hydroxyl groups excluding tert-OH is 3. The summed E-state index contributed by atoms with van der Waals surface area (Å²) in [7, 11) is 0. The third kappa shape index (κ3) is 6.98. The Morgan fingerprint density at radius 2 is 1.73 bits per heavy atom. The van der Waals surface area contributed by atoms with Crippen LogP contribution in [-0.4, -0.2) is 39.9 Å². The molecule has 0 aromatic heterocycles. The molecule has 0 aliphatic heterocycles. The zero-order chi connectivity index (χ0) is 18.8. The molecule has 3 atom stereocenters. The molecule has 4 nitrogen and oxygen atoms in total. The van der Waals surface area contributed by atoms with Crippen molar-refractivity contribution >= 4 is 5.78 Å². The van der Waals surface area contributed by atoms with Gasteiger partial charge in [0.15, 0.2) is 5.78 Å². The molecule has 26 heavy (non-hydrogen) atoms. The van der Waals surface area contributed by atoms with Crippen LogP contribution >= 0.6 is 0 Å². The first-order valence-corrected chi connectivity index (χ1v) is 10.5. The first-order valence-electron chi connectivity index (χ1n) is 10.5. The highest BCUT2D eigenvalue weighted by atomic mass is 16.3. The van der Waals surface area contributed by atoms with Crippen molar-refractivity contribution in [3.05, 3.63) is 23.3 Å². The van der Waals surface area contributed by atoms with E-state index >= 15 is 0 Å². The van der Waals surface area contributed by atoms with Gasteiger partial charge >= 0.3 is 0 Å². The summed E-state index contributed by atoms with van der Waals surface area (Å²) < 4.78 is 0. The van der Waals surface area contributed by atoms with E-state index in [1.807, 2.05) is 6.08 Å². The minimum atomic E-state index is -0.556. The lowest BCUT2D eigenvalue weighted by Gasteiger charge is -2.20. The van der Waals surface area contributed by atoms with Gasteiger partial charge in [-0.05, 0) is 38.0 Å². The number of rotatable bonds is 11. The summed E-state index contributed by atoms with van der Waals surface area (Å²) in [4.78, 5) is 12.5. The fraction of sp³-hybridized carbons (Fsp3) is 0.773. The summed E-state index contributed by atoms with van der Waals surface area (Å²) >= 11 is 0. The van der Waals surface area contributed by atoms with Crippen molar-refractivity contribution in [3.63, 3.8) is 0 Å². The van der Waals surface area contributed by atoms with Crippen LogP contribution in [0.2, 0.25) is 0 Å². The standard InChI is InChI=1S/C22H36O4/c23-16-19(24)12-7-5-3-1-2-4-6-11-18-15-22(26)20-13-9-8-10-17(20)14-21(18)25/h9,13,18-19,21,23-25H,1-8,10-12,14-16H2. The second kappa shape index (κ2) is 11.7. The number of unbranched alkanes of at least 4 members (excludes halogenated alkanes) is 6. The van der Waals surface area contributed by atoms with Crippen LogP contribution in [0.4, 0.5) is 0 Å². The number of carbonyl (C=O) groups excluding carboxylic acids is 1. The van der Waals surface area contributed by atoms with Gasteiger partial charge in [0.05, 0.1) is 18.8 Å². The van der Waals surface area contributed by atoms with Crippen LogP contribution in [0.5, 0.6) is 0 Å². The number of hydrogen-bond acceptors (Lipinski definition) is 4. The Labute approximate surface area is 158 Å². The van der Waals surface area contributed by atoms with Gasteiger partial charge in [0.25, 0.3) is 0 Å². The lowest BCUT2D eigenvalue weighted by Crippen LogP contribution is -2.21. The van der Waals surface area contributed by atoms with Crippen LogP contribution in [-0.2, 0) is 4.79 Å². The lowest BCUT2D eigenvalue weighted by atomic mass is 9.89. The van der Waals surface area contributed by atoms with E-state index in [4.69, 9.17) is 5.11 Å². The van der Waals surface area contributed by atoms with Gasteiger partial charge in [-0.3, -0.25) is 4.79 Å². The Hall–Kier alpha value is -0.970. The molecule has 0 radical (unpaired) electrons. The van der Waals surface area contributed by atoms with Gasteiger partial charge in [-0.2, -0.15) is 0 Å². The van der Waals surface area contributed by atoms with Crippen LogP contribution in [0, 0.1) is 5.92 Å².